The summed E-state index contributed by atoms with van der Waals surface area (Å²) in [5.41, 5.74) is 5.24. The lowest BCUT2D eigenvalue weighted by molar-refractivity contribution is -0.00295. The average Bonchev–Trinajstić information content (AvgIpc) is 2.05. The highest BCUT2D eigenvalue weighted by atomic mass is 16.7. The number of aryl methyl sites for hydroxylation is 1. The van der Waals surface area contributed by atoms with Gasteiger partial charge >= 0.3 is 0 Å². The van der Waals surface area contributed by atoms with Crippen molar-refractivity contribution in [2.24, 2.45) is 0 Å². The van der Waals surface area contributed by atoms with Gasteiger partial charge in [-0.3, -0.25) is 0 Å². The van der Waals surface area contributed by atoms with Gasteiger partial charge in [0.2, 0.25) is 0 Å². The molecule has 12 heavy (non-hydrogen) atoms. The Labute approximate surface area is 71.9 Å². The SMILES string of the molecule is Cc1ccc2c(c1)ONN(C)C2. The third-order valence-corrected chi connectivity index (χ3v) is 1.94. The van der Waals surface area contributed by atoms with Gasteiger partial charge in [-0.15, -0.1) is 0 Å². The lowest BCUT2D eigenvalue weighted by Crippen LogP contribution is -2.40. The fourth-order valence-electron chi connectivity index (χ4n) is 1.30. The van der Waals surface area contributed by atoms with Crippen molar-refractivity contribution in [3.63, 3.8) is 0 Å². The second-order valence-corrected chi connectivity index (χ2v) is 3.16. The summed E-state index contributed by atoms with van der Waals surface area (Å²) in [6, 6.07) is 6.23. The molecule has 3 nitrogen and oxygen atoms in total. The van der Waals surface area contributed by atoms with Gasteiger partial charge in [0.05, 0.1) is 0 Å². The van der Waals surface area contributed by atoms with Crippen LogP contribution in [0.25, 0.3) is 0 Å². The molecule has 0 radical (unpaired) electrons. The number of benzene rings is 1. The molecule has 2 rings (SSSR count). The highest BCUT2D eigenvalue weighted by Crippen LogP contribution is 2.23. The van der Waals surface area contributed by atoms with E-state index in [0.29, 0.717) is 0 Å². The van der Waals surface area contributed by atoms with E-state index in [1.165, 1.54) is 11.1 Å². The summed E-state index contributed by atoms with van der Waals surface area (Å²) >= 11 is 0. The number of nitrogens with zero attached hydrogens (tertiary/aromatic N) is 1. The van der Waals surface area contributed by atoms with E-state index < -0.39 is 0 Å². The van der Waals surface area contributed by atoms with Crippen LogP contribution in [-0.4, -0.2) is 12.1 Å². The molecule has 1 aliphatic rings. The predicted octanol–water partition coefficient (Wildman–Crippen LogP) is 1.24. The van der Waals surface area contributed by atoms with Gasteiger partial charge < -0.3 is 4.84 Å². The van der Waals surface area contributed by atoms with E-state index in [-0.39, 0.29) is 0 Å². The van der Waals surface area contributed by atoms with Crippen LogP contribution < -0.4 is 10.4 Å². The maximum Gasteiger partial charge on any atom is 0.153 e. The molecule has 1 N–H and O–H groups in total. The van der Waals surface area contributed by atoms with Gasteiger partial charge in [-0.05, 0) is 18.6 Å². The zero-order chi connectivity index (χ0) is 8.55. The minimum atomic E-state index is 0.885. The highest BCUT2D eigenvalue weighted by molar-refractivity contribution is 5.37. The molecule has 1 aliphatic heterocycles. The molecule has 3 heteroatoms. The Kier molecular flexibility index (Phi) is 1.75. The molecule has 0 saturated heterocycles. The molecule has 0 fully saturated rings. The lowest BCUT2D eigenvalue weighted by Gasteiger charge is -2.25. The van der Waals surface area contributed by atoms with Crippen LogP contribution in [0.4, 0.5) is 0 Å². The van der Waals surface area contributed by atoms with Crippen LogP contribution in [0.2, 0.25) is 0 Å². The predicted molar refractivity (Wildman–Crippen MR) is 46.4 cm³/mol. The third-order valence-electron chi connectivity index (χ3n) is 1.94. The Morgan fingerprint density at radius 2 is 2.33 bits per heavy atom. The minimum Gasteiger partial charge on any atom is -0.393 e. The van der Waals surface area contributed by atoms with Crippen LogP contribution in [0.1, 0.15) is 11.1 Å². The summed E-state index contributed by atoms with van der Waals surface area (Å²) in [5.74, 6) is 0.938. The minimum absolute atomic E-state index is 0.885. The summed E-state index contributed by atoms with van der Waals surface area (Å²) in [5, 5.41) is 1.90. The van der Waals surface area contributed by atoms with E-state index in [1.54, 1.807) is 0 Å². The topological polar surface area (TPSA) is 24.5 Å². The van der Waals surface area contributed by atoms with E-state index in [2.05, 4.69) is 24.6 Å². The highest BCUT2D eigenvalue weighted by Gasteiger charge is 2.12. The second-order valence-electron chi connectivity index (χ2n) is 3.16. The first-order valence-electron chi connectivity index (χ1n) is 3.99. The Morgan fingerprint density at radius 3 is 3.17 bits per heavy atom. The second kappa shape index (κ2) is 2.77. The Balaban J connectivity index is 2.37. The van der Waals surface area contributed by atoms with Crippen LogP contribution in [0.5, 0.6) is 5.75 Å². The zero-order valence-corrected chi connectivity index (χ0v) is 7.29. The summed E-state index contributed by atoms with van der Waals surface area (Å²) in [4.78, 5) is 5.29. The molecule has 0 aromatic heterocycles. The lowest BCUT2D eigenvalue weighted by atomic mass is 10.1. The average molecular weight is 164 g/mol. The maximum absolute atomic E-state index is 5.29. The first-order chi connectivity index (χ1) is 5.75. The molecule has 1 aromatic carbocycles. The number of rotatable bonds is 0. The smallest absolute Gasteiger partial charge is 0.153 e. The van der Waals surface area contributed by atoms with Crippen molar-refractivity contribution in [1.82, 2.24) is 10.6 Å². The van der Waals surface area contributed by atoms with Gasteiger partial charge in [-0.2, -0.15) is 0 Å². The van der Waals surface area contributed by atoms with Crippen LogP contribution in [0.15, 0.2) is 18.2 Å². The molecule has 0 unspecified atom stereocenters. The van der Waals surface area contributed by atoms with E-state index in [1.807, 2.05) is 18.1 Å². The van der Waals surface area contributed by atoms with Crippen molar-refractivity contribution in [3.05, 3.63) is 29.3 Å². The van der Waals surface area contributed by atoms with Crippen LogP contribution in [0, 0.1) is 6.92 Å². The molecule has 0 atom stereocenters. The molecule has 0 spiro atoms. The standard InChI is InChI=1S/C9H12N2O/c1-7-3-4-8-6-11(2)10-12-9(8)5-7/h3-5,10H,6H2,1-2H3. The number of hydrazine groups is 1. The van der Waals surface area contributed by atoms with E-state index in [0.717, 1.165) is 12.3 Å². The van der Waals surface area contributed by atoms with Gasteiger partial charge in [-0.25, -0.2) is 5.01 Å². The van der Waals surface area contributed by atoms with Gasteiger partial charge in [0, 0.05) is 19.2 Å². The van der Waals surface area contributed by atoms with Crippen molar-refractivity contribution >= 4 is 0 Å². The van der Waals surface area contributed by atoms with Crippen molar-refractivity contribution in [2.75, 3.05) is 7.05 Å². The summed E-state index contributed by atoms with van der Waals surface area (Å²) in [6.07, 6.45) is 0. The molecule has 1 heterocycles. The van der Waals surface area contributed by atoms with Crippen molar-refractivity contribution in [3.8, 4) is 5.75 Å². The largest absolute Gasteiger partial charge is 0.393 e. The molecule has 0 aliphatic carbocycles. The molecule has 64 valence electrons. The fourth-order valence-corrected chi connectivity index (χ4v) is 1.30. The van der Waals surface area contributed by atoms with E-state index >= 15 is 0 Å². The zero-order valence-electron chi connectivity index (χ0n) is 7.29. The van der Waals surface area contributed by atoms with Crippen molar-refractivity contribution < 1.29 is 4.84 Å². The molecular weight excluding hydrogens is 152 g/mol. The summed E-state index contributed by atoms with van der Waals surface area (Å²) in [7, 11) is 1.95. The third kappa shape index (κ3) is 1.29. The molecule has 0 bridgehead atoms. The molecule has 0 amide bonds. The quantitative estimate of drug-likeness (QED) is 0.624. The van der Waals surface area contributed by atoms with Crippen molar-refractivity contribution in [2.45, 2.75) is 13.5 Å². The van der Waals surface area contributed by atoms with Gasteiger partial charge in [0.1, 0.15) is 0 Å². The number of hydrogen-bond acceptors (Lipinski definition) is 3. The maximum atomic E-state index is 5.29. The van der Waals surface area contributed by atoms with E-state index in [9.17, 15) is 0 Å². The Bertz CT molecular complexity index is 299. The number of nitrogens with one attached hydrogen (secondary N) is 1. The monoisotopic (exact) mass is 164 g/mol. The Hall–Kier alpha value is -1.06. The van der Waals surface area contributed by atoms with Crippen LogP contribution in [0.3, 0.4) is 0 Å². The van der Waals surface area contributed by atoms with E-state index in [4.69, 9.17) is 4.84 Å². The van der Waals surface area contributed by atoms with Crippen molar-refractivity contribution in [1.29, 1.82) is 0 Å². The first-order valence-corrected chi connectivity index (χ1v) is 3.99. The summed E-state index contributed by atoms with van der Waals surface area (Å²) < 4.78 is 0. The van der Waals surface area contributed by atoms with Gasteiger partial charge in [0.25, 0.3) is 0 Å². The van der Waals surface area contributed by atoms with Gasteiger partial charge in [-0.1, -0.05) is 17.7 Å². The molecule has 0 saturated carbocycles. The number of hydrogen-bond donors (Lipinski definition) is 1. The number of fused-ring (bicyclic) bond motifs is 1. The van der Waals surface area contributed by atoms with Gasteiger partial charge in [0.15, 0.2) is 5.75 Å². The molecule has 1 aromatic rings. The first kappa shape index (κ1) is 7.58. The summed E-state index contributed by atoms with van der Waals surface area (Å²) in [6.45, 7) is 2.94. The molecular formula is C9H12N2O. The fraction of sp³-hybridized carbons (Fsp3) is 0.333. The normalized spacial score (nSPS) is 16.8. The van der Waals surface area contributed by atoms with Crippen LogP contribution in [-0.2, 0) is 6.54 Å². The Morgan fingerprint density at radius 1 is 1.50 bits per heavy atom. The van der Waals surface area contributed by atoms with Crippen LogP contribution >= 0.6 is 0 Å².